The van der Waals surface area contributed by atoms with Crippen LogP contribution in [-0.2, 0) is 0 Å². The summed E-state index contributed by atoms with van der Waals surface area (Å²) in [6, 6.07) is 0. The Labute approximate surface area is 54.0 Å². The van der Waals surface area contributed by atoms with Crippen molar-refractivity contribution < 1.29 is 4.39 Å². The first-order valence-electron chi connectivity index (χ1n) is 3.09. The Morgan fingerprint density at radius 1 is 1.12 bits per heavy atom. The van der Waals surface area contributed by atoms with Crippen molar-refractivity contribution in [3.8, 4) is 0 Å². The van der Waals surface area contributed by atoms with Crippen LogP contribution in [0.25, 0.3) is 0 Å². The summed E-state index contributed by atoms with van der Waals surface area (Å²) in [5, 5.41) is -1.35. The topological polar surface area (TPSA) is 0 Å². The molecule has 0 spiro atoms. The second kappa shape index (κ2) is 2.22. The largest absolute Gasteiger partial charge is 0.226 e. The van der Waals surface area contributed by atoms with Gasteiger partial charge in [-0.25, -0.2) is 4.39 Å². The van der Waals surface area contributed by atoms with Crippen molar-refractivity contribution in [2.75, 3.05) is 0 Å². The Hall–Kier alpha value is 0.220. The fraction of sp³-hybridized carbons (Fsp3) is 1.00. The summed E-state index contributed by atoms with van der Waals surface area (Å²) in [5.41, 5.74) is 0. The van der Waals surface area contributed by atoms with Gasteiger partial charge in [-0.05, 0) is 25.7 Å². The van der Waals surface area contributed by atoms with E-state index in [1.54, 1.807) is 0 Å². The average Bonchev–Trinajstić information content (AvgIpc) is 1.65. The van der Waals surface area contributed by atoms with Gasteiger partial charge >= 0.3 is 0 Å². The van der Waals surface area contributed by atoms with Crippen molar-refractivity contribution in [2.24, 2.45) is 0 Å². The number of hydrogen-bond acceptors (Lipinski definition) is 0. The number of alkyl halides is 2. The number of rotatable bonds is 0. The molecule has 1 fully saturated rings. The maximum absolute atomic E-state index is 12.6. The molecule has 0 bridgehead atoms. The van der Waals surface area contributed by atoms with Crippen LogP contribution in [0, 0.1) is 0 Å². The molecule has 2 heteroatoms. The molecule has 0 aromatic rings. The molecule has 0 saturated heterocycles. The Kier molecular flexibility index (Phi) is 1.76. The third kappa shape index (κ3) is 1.62. The van der Waals surface area contributed by atoms with Crippen molar-refractivity contribution in [3.05, 3.63) is 0 Å². The zero-order valence-electron chi connectivity index (χ0n) is 4.79. The van der Waals surface area contributed by atoms with Crippen molar-refractivity contribution in [1.29, 1.82) is 0 Å². The first-order valence-corrected chi connectivity index (χ1v) is 3.46. The van der Waals surface area contributed by atoms with Gasteiger partial charge in [-0.15, -0.1) is 0 Å². The molecule has 0 nitrogen and oxygen atoms in total. The minimum atomic E-state index is -1.35. The Bertz CT molecular complexity index is 72.6. The van der Waals surface area contributed by atoms with E-state index in [2.05, 4.69) is 0 Å². The van der Waals surface area contributed by atoms with Gasteiger partial charge in [0.2, 0.25) is 0 Å². The van der Waals surface area contributed by atoms with Gasteiger partial charge < -0.3 is 0 Å². The van der Waals surface area contributed by atoms with Gasteiger partial charge in [-0.3, -0.25) is 0 Å². The van der Waals surface area contributed by atoms with Gasteiger partial charge in [0.05, 0.1) is 0 Å². The molecule has 0 aliphatic heterocycles. The summed E-state index contributed by atoms with van der Waals surface area (Å²) in [6.45, 7) is 0. The number of halogens is 2. The van der Waals surface area contributed by atoms with E-state index in [0.717, 1.165) is 19.3 Å². The molecular formula is C6H10ClF. The molecule has 0 amide bonds. The molecule has 8 heavy (non-hydrogen) atoms. The van der Waals surface area contributed by atoms with Crippen LogP contribution in [0.1, 0.15) is 32.1 Å². The molecule has 0 atom stereocenters. The highest BCUT2D eigenvalue weighted by Gasteiger charge is 2.27. The lowest BCUT2D eigenvalue weighted by molar-refractivity contribution is 0.203. The zero-order chi connectivity index (χ0) is 6.04. The molecule has 0 aromatic heterocycles. The minimum absolute atomic E-state index is 0.550. The lowest BCUT2D eigenvalue weighted by Crippen LogP contribution is -2.17. The molecule has 0 unspecified atom stereocenters. The maximum atomic E-state index is 12.6. The van der Waals surface area contributed by atoms with Crippen LogP contribution in [0.15, 0.2) is 0 Å². The van der Waals surface area contributed by atoms with E-state index in [1.165, 1.54) is 0 Å². The van der Waals surface area contributed by atoms with Crippen LogP contribution in [0.4, 0.5) is 4.39 Å². The predicted molar refractivity (Wildman–Crippen MR) is 32.8 cm³/mol. The highest BCUT2D eigenvalue weighted by Crippen LogP contribution is 2.34. The summed E-state index contributed by atoms with van der Waals surface area (Å²) in [6.07, 6.45) is 4.17. The molecule has 1 saturated carbocycles. The summed E-state index contributed by atoms with van der Waals surface area (Å²) >= 11 is 5.41. The molecule has 1 rings (SSSR count). The van der Waals surface area contributed by atoms with Crippen LogP contribution >= 0.6 is 11.6 Å². The summed E-state index contributed by atoms with van der Waals surface area (Å²) in [4.78, 5) is 0. The first-order chi connectivity index (χ1) is 3.71. The van der Waals surface area contributed by atoms with Crippen LogP contribution in [0.2, 0.25) is 0 Å². The lowest BCUT2D eigenvalue weighted by Gasteiger charge is -2.21. The molecule has 0 N–H and O–H groups in total. The maximum Gasteiger partial charge on any atom is 0.183 e. The predicted octanol–water partition coefficient (Wildman–Crippen LogP) is 2.86. The van der Waals surface area contributed by atoms with E-state index >= 15 is 0 Å². The van der Waals surface area contributed by atoms with Crippen molar-refractivity contribution >= 4 is 11.6 Å². The Morgan fingerprint density at radius 3 is 1.88 bits per heavy atom. The minimum Gasteiger partial charge on any atom is -0.226 e. The van der Waals surface area contributed by atoms with E-state index < -0.39 is 5.13 Å². The van der Waals surface area contributed by atoms with Crippen LogP contribution in [0.5, 0.6) is 0 Å². The molecule has 1 aliphatic carbocycles. The van der Waals surface area contributed by atoms with Crippen molar-refractivity contribution in [3.63, 3.8) is 0 Å². The van der Waals surface area contributed by atoms with E-state index in [9.17, 15) is 4.39 Å². The SMILES string of the molecule is FC1(Cl)CCCCC1. The quantitative estimate of drug-likeness (QED) is 0.450. The standard InChI is InChI=1S/C6H10ClF/c7-6(8)4-2-1-3-5-6/h1-5H2. The summed E-state index contributed by atoms with van der Waals surface area (Å²) in [7, 11) is 0. The fourth-order valence-corrected chi connectivity index (χ4v) is 1.34. The third-order valence-electron chi connectivity index (χ3n) is 1.59. The normalized spacial score (nSPS) is 27.8. The highest BCUT2D eigenvalue weighted by molar-refractivity contribution is 6.22. The average molecular weight is 137 g/mol. The van der Waals surface area contributed by atoms with Crippen LogP contribution in [0.3, 0.4) is 0 Å². The summed E-state index contributed by atoms with van der Waals surface area (Å²) in [5.74, 6) is 0. The molecule has 48 valence electrons. The van der Waals surface area contributed by atoms with Crippen molar-refractivity contribution in [1.82, 2.24) is 0 Å². The first kappa shape index (κ1) is 6.34. The van der Waals surface area contributed by atoms with Crippen molar-refractivity contribution in [2.45, 2.75) is 37.2 Å². The highest BCUT2D eigenvalue weighted by atomic mass is 35.5. The van der Waals surface area contributed by atoms with Gasteiger partial charge in [0, 0.05) is 0 Å². The molecule has 0 heterocycles. The van der Waals surface area contributed by atoms with E-state index in [-0.39, 0.29) is 0 Å². The van der Waals surface area contributed by atoms with Gasteiger partial charge in [0.1, 0.15) is 0 Å². The van der Waals surface area contributed by atoms with Gasteiger partial charge in [0.15, 0.2) is 5.13 Å². The third-order valence-corrected chi connectivity index (χ3v) is 1.96. The Morgan fingerprint density at radius 2 is 1.62 bits per heavy atom. The molecule has 0 radical (unpaired) electrons. The van der Waals surface area contributed by atoms with Crippen LogP contribution < -0.4 is 0 Å². The second-order valence-electron chi connectivity index (χ2n) is 2.42. The molecule has 1 aliphatic rings. The van der Waals surface area contributed by atoms with Crippen LogP contribution in [-0.4, -0.2) is 5.13 Å². The molecular weight excluding hydrogens is 127 g/mol. The van der Waals surface area contributed by atoms with Gasteiger partial charge in [-0.1, -0.05) is 18.0 Å². The van der Waals surface area contributed by atoms with E-state index in [0.29, 0.717) is 12.8 Å². The fourth-order valence-electron chi connectivity index (χ4n) is 1.07. The second-order valence-corrected chi connectivity index (χ2v) is 3.09. The van der Waals surface area contributed by atoms with E-state index in [4.69, 9.17) is 11.6 Å². The zero-order valence-corrected chi connectivity index (χ0v) is 5.55. The lowest BCUT2D eigenvalue weighted by atomic mass is 9.99. The smallest absolute Gasteiger partial charge is 0.183 e. The van der Waals surface area contributed by atoms with Gasteiger partial charge in [-0.2, -0.15) is 0 Å². The number of hydrogen-bond donors (Lipinski definition) is 0. The Balaban J connectivity index is 2.33. The summed E-state index contributed by atoms with van der Waals surface area (Å²) < 4.78 is 12.6. The van der Waals surface area contributed by atoms with Gasteiger partial charge in [0.25, 0.3) is 0 Å². The monoisotopic (exact) mass is 136 g/mol. The molecule has 0 aromatic carbocycles. The van der Waals surface area contributed by atoms with E-state index in [1.807, 2.05) is 0 Å².